The molecule has 0 aliphatic carbocycles. The van der Waals surface area contributed by atoms with Gasteiger partial charge in [0.05, 0.1) is 0 Å². The highest BCUT2D eigenvalue weighted by atomic mass is 35.5. The fourth-order valence-corrected chi connectivity index (χ4v) is 2.11. The van der Waals surface area contributed by atoms with E-state index >= 15 is 0 Å². The molecule has 1 aliphatic heterocycles. The summed E-state index contributed by atoms with van der Waals surface area (Å²) >= 11 is 5.92. The Morgan fingerprint density at radius 2 is 2.05 bits per heavy atom. The van der Waals surface area contributed by atoms with E-state index in [0.717, 1.165) is 5.56 Å². The summed E-state index contributed by atoms with van der Waals surface area (Å²) in [5.74, 6) is -0.170. The van der Waals surface area contributed by atoms with Crippen molar-refractivity contribution in [1.82, 2.24) is 0 Å². The summed E-state index contributed by atoms with van der Waals surface area (Å²) in [6.07, 6.45) is 1.08. The maximum Gasteiger partial charge on any atom is 0.244 e. The number of amides is 1. The van der Waals surface area contributed by atoms with Crippen molar-refractivity contribution >= 4 is 35.6 Å². The predicted octanol–water partition coefficient (Wildman–Crippen LogP) is 2.52. The fraction of sp³-hybridized carbons (Fsp3) is 0.462. The normalized spacial score (nSPS) is 17.4. The van der Waals surface area contributed by atoms with Crippen molar-refractivity contribution < 1.29 is 9.53 Å². The van der Waals surface area contributed by atoms with Gasteiger partial charge in [0.1, 0.15) is 5.54 Å². The van der Waals surface area contributed by atoms with Crippen LogP contribution in [-0.4, -0.2) is 24.7 Å². The summed E-state index contributed by atoms with van der Waals surface area (Å²) in [6.45, 7) is 2.97. The Balaban J connectivity index is 0.00000180. The molecule has 1 heterocycles. The van der Waals surface area contributed by atoms with Gasteiger partial charge < -0.3 is 15.8 Å². The van der Waals surface area contributed by atoms with Crippen molar-refractivity contribution in [2.24, 2.45) is 5.73 Å². The molecule has 1 aliphatic rings. The molecule has 0 radical (unpaired) electrons. The average molecular weight is 305 g/mol. The number of nitrogens with one attached hydrogen (secondary N) is 1. The molecule has 2 rings (SSSR count). The lowest BCUT2D eigenvalue weighted by Gasteiger charge is -2.32. The quantitative estimate of drug-likeness (QED) is 0.882. The molecule has 0 aromatic heterocycles. The third kappa shape index (κ3) is 3.83. The average Bonchev–Trinajstić information content (AvgIpc) is 2.35. The third-order valence-electron chi connectivity index (χ3n) is 3.29. The molecular weight excluding hydrogens is 287 g/mol. The zero-order valence-electron chi connectivity index (χ0n) is 10.7. The number of hydrogen-bond donors (Lipinski definition) is 2. The maximum absolute atomic E-state index is 12.2. The topological polar surface area (TPSA) is 64.4 Å². The van der Waals surface area contributed by atoms with E-state index in [0.29, 0.717) is 36.8 Å². The van der Waals surface area contributed by atoms with Crippen LogP contribution in [0, 0.1) is 6.92 Å². The van der Waals surface area contributed by atoms with E-state index in [2.05, 4.69) is 5.32 Å². The number of carbonyl (C=O) groups excluding carboxylic acids is 1. The zero-order valence-corrected chi connectivity index (χ0v) is 12.3. The number of rotatable bonds is 2. The summed E-state index contributed by atoms with van der Waals surface area (Å²) in [4.78, 5) is 12.2. The van der Waals surface area contributed by atoms with Crippen LogP contribution in [0.5, 0.6) is 0 Å². The van der Waals surface area contributed by atoms with Crippen LogP contribution in [-0.2, 0) is 9.53 Å². The first kappa shape index (κ1) is 16.2. The van der Waals surface area contributed by atoms with E-state index in [-0.39, 0.29) is 18.3 Å². The fourth-order valence-electron chi connectivity index (χ4n) is 1.94. The second-order valence-corrected chi connectivity index (χ2v) is 5.12. The van der Waals surface area contributed by atoms with Gasteiger partial charge in [-0.05, 0) is 37.5 Å². The number of nitrogens with two attached hydrogens (primary N) is 1. The second-order valence-electron chi connectivity index (χ2n) is 4.68. The first-order valence-electron chi connectivity index (χ1n) is 5.95. The molecule has 0 unspecified atom stereocenters. The maximum atomic E-state index is 12.2. The molecule has 19 heavy (non-hydrogen) atoms. The lowest BCUT2D eigenvalue weighted by atomic mass is 9.90. The SMILES string of the molecule is Cc1ccc(Cl)cc1NC(=O)C1(N)CCOCC1.Cl. The standard InChI is InChI=1S/C13H17ClN2O2.ClH/c1-9-2-3-10(14)8-11(9)16-12(17)13(15)4-6-18-7-5-13;/h2-3,8H,4-7,15H2,1H3,(H,16,17);1H. The number of ether oxygens (including phenoxy) is 1. The van der Waals surface area contributed by atoms with E-state index < -0.39 is 5.54 Å². The van der Waals surface area contributed by atoms with Crippen molar-refractivity contribution in [3.05, 3.63) is 28.8 Å². The number of hydrogen-bond acceptors (Lipinski definition) is 3. The Kier molecular flexibility index (Phi) is 5.62. The molecule has 1 saturated heterocycles. The summed E-state index contributed by atoms with van der Waals surface area (Å²) in [5, 5.41) is 3.45. The first-order valence-corrected chi connectivity index (χ1v) is 6.33. The lowest BCUT2D eigenvalue weighted by Crippen LogP contribution is -2.54. The molecule has 3 N–H and O–H groups in total. The van der Waals surface area contributed by atoms with Crippen molar-refractivity contribution in [3.8, 4) is 0 Å². The Morgan fingerprint density at radius 1 is 1.42 bits per heavy atom. The first-order chi connectivity index (χ1) is 8.51. The van der Waals surface area contributed by atoms with Gasteiger partial charge in [0.25, 0.3) is 0 Å². The van der Waals surface area contributed by atoms with Crippen molar-refractivity contribution in [2.45, 2.75) is 25.3 Å². The highest BCUT2D eigenvalue weighted by Gasteiger charge is 2.36. The van der Waals surface area contributed by atoms with Gasteiger partial charge in [-0.1, -0.05) is 17.7 Å². The van der Waals surface area contributed by atoms with Crippen LogP contribution in [0.4, 0.5) is 5.69 Å². The van der Waals surface area contributed by atoms with Gasteiger partial charge in [0, 0.05) is 23.9 Å². The van der Waals surface area contributed by atoms with Gasteiger partial charge in [0.2, 0.25) is 5.91 Å². The van der Waals surface area contributed by atoms with Crippen LogP contribution in [0.3, 0.4) is 0 Å². The molecule has 1 aromatic carbocycles. The minimum Gasteiger partial charge on any atom is -0.381 e. The highest BCUT2D eigenvalue weighted by molar-refractivity contribution is 6.31. The molecule has 0 saturated carbocycles. The van der Waals surface area contributed by atoms with Gasteiger partial charge in [-0.15, -0.1) is 12.4 Å². The van der Waals surface area contributed by atoms with Gasteiger partial charge in [-0.25, -0.2) is 0 Å². The molecule has 106 valence electrons. The summed E-state index contributed by atoms with van der Waals surface area (Å²) in [5.41, 5.74) is 6.95. The molecule has 6 heteroatoms. The van der Waals surface area contributed by atoms with Crippen LogP contribution in [0.1, 0.15) is 18.4 Å². The smallest absolute Gasteiger partial charge is 0.244 e. The third-order valence-corrected chi connectivity index (χ3v) is 3.52. The van der Waals surface area contributed by atoms with Gasteiger partial charge in [-0.2, -0.15) is 0 Å². The summed E-state index contributed by atoms with van der Waals surface area (Å²) in [6, 6.07) is 5.39. The molecule has 0 spiro atoms. The minimum atomic E-state index is -0.840. The van der Waals surface area contributed by atoms with Crippen molar-refractivity contribution in [3.63, 3.8) is 0 Å². The van der Waals surface area contributed by atoms with Crippen LogP contribution in [0.15, 0.2) is 18.2 Å². The monoisotopic (exact) mass is 304 g/mol. The summed E-state index contributed by atoms with van der Waals surface area (Å²) < 4.78 is 5.23. The largest absolute Gasteiger partial charge is 0.381 e. The van der Waals surface area contributed by atoms with Crippen LogP contribution >= 0.6 is 24.0 Å². The highest BCUT2D eigenvalue weighted by Crippen LogP contribution is 2.24. The molecule has 0 bridgehead atoms. The van der Waals surface area contributed by atoms with Gasteiger partial charge in [0.15, 0.2) is 0 Å². The Morgan fingerprint density at radius 3 is 2.68 bits per heavy atom. The molecule has 1 fully saturated rings. The van der Waals surface area contributed by atoms with Crippen molar-refractivity contribution in [1.29, 1.82) is 0 Å². The minimum absolute atomic E-state index is 0. The van der Waals surface area contributed by atoms with Crippen molar-refractivity contribution in [2.75, 3.05) is 18.5 Å². The lowest BCUT2D eigenvalue weighted by molar-refractivity contribution is -0.124. The second kappa shape index (κ2) is 6.57. The van der Waals surface area contributed by atoms with Crippen LogP contribution in [0.2, 0.25) is 5.02 Å². The van der Waals surface area contributed by atoms with Gasteiger partial charge in [-0.3, -0.25) is 4.79 Å². The predicted molar refractivity (Wildman–Crippen MR) is 79.0 cm³/mol. The molecular formula is C13H18Cl2N2O2. The number of benzene rings is 1. The summed E-state index contributed by atoms with van der Waals surface area (Å²) in [7, 11) is 0. The molecule has 1 aromatic rings. The van der Waals surface area contributed by atoms with E-state index in [4.69, 9.17) is 22.1 Å². The molecule has 1 amide bonds. The number of anilines is 1. The number of halogens is 2. The Bertz CT molecular complexity index is 460. The van der Waals surface area contributed by atoms with E-state index in [1.165, 1.54) is 0 Å². The van der Waals surface area contributed by atoms with E-state index in [1.54, 1.807) is 12.1 Å². The van der Waals surface area contributed by atoms with Crippen LogP contribution < -0.4 is 11.1 Å². The zero-order chi connectivity index (χ0) is 13.2. The molecule has 0 atom stereocenters. The Hall–Kier alpha value is -0.810. The number of aryl methyl sites for hydroxylation is 1. The van der Waals surface area contributed by atoms with Gasteiger partial charge >= 0.3 is 0 Å². The Labute approximate surface area is 124 Å². The van der Waals surface area contributed by atoms with E-state index in [1.807, 2.05) is 13.0 Å². The van der Waals surface area contributed by atoms with Crippen LogP contribution in [0.25, 0.3) is 0 Å². The van der Waals surface area contributed by atoms with E-state index in [9.17, 15) is 4.79 Å². The number of carbonyl (C=O) groups is 1. The molecule has 4 nitrogen and oxygen atoms in total.